The van der Waals surface area contributed by atoms with Crippen molar-refractivity contribution in [1.82, 2.24) is 4.90 Å². The average Bonchev–Trinajstić information content (AvgIpc) is 2.38. The molecule has 3 nitrogen and oxygen atoms in total. The number of nitrogens with zero attached hydrogens (tertiary/aromatic N) is 1. The normalized spacial score (nSPS) is 17.0. The summed E-state index contributed by atoms with van der Waals surface area (Å²) in [6, 6.07) is 7.23. The summed E-state index contributed by atoms with van der Waals surface area (Å²) in [4.78, 5) is 2.33. The molecule has 1 aliphatic heterocycles. The van der Waals surface area contributed by atoms with E-state index in [0.717, 1.165) is 39.3 Å². The molecule has 1 aliphatic rings. The van der Waals surface area contributed by atoms with E-state index in [2.05, 4.69) is 11.0 Å². The lowest BCUT2D eigenvalue weighted by molar-refractivity contribution is 0.0357. The second-order valence-corrected chi connectivity index (χ2v) is 4.01. The Hall–Kier alpha value is -1.13. The standard InChI is InChI=1S/C13H17FNO2/c14-12-4-1-2-5-13(12)17-9-3-6-15-7-10-16-11-8-15/h1,4-5H,3,6-11H2. The quantitative estimate of drug-likeness (QED) is 0.729. The van der Waals surface area contributed by atoms with Crippen LogP contribution < -0.4 is 4.74 Å². The molecular formula is C13H17FNO2. The van der Waals surface area contributed by atoms with Crippen molar-refractivity contribution in [3.8, 4) is 5.75 Å². The molecule has 4 heteroatoms. The van der Waals surface area contributed by atoms with Gasteiger partial charge >= 0.3 is 0 Å². The Labute approximate surface area is 101 Å². The zero-order chi connectivity index (χ0) is 11.9. The van der Waals surface area contributed by atoms with E-state index in [9.17, 15) is 4.39 Å². The van der Waals surface area contributed by atoms with Crippen LogP contribution in [0.5, 0.6) is 5.75 Å². The molecule has 17 heavy (non-hydrogen) atoms. The van der Waals surface area contributed by atoms with Gasteiger partial charge in [-0.1, -0.05) is 6.07 Å². The van der Waals surface area contributed by atoms with Gasteiger partial charge in [0.1, 0.15) is 0 Å². The van der Waals surface area contributed by atoms with Crippen LogP contribution in [0.1, 0.15) is 6.42 Å². The number of benzene rings is 1. The zero-order valence-corrected chi connectivity index (χ0v) is 9.82. The maximum absolute atomic E-state index is 13.2. The summed E-state index contributed by atoms with van der Waals surface area (Å²) in [5, 5.41) is 0. The molecule has 0 amide bonds. The summed E-state index contributed by atoms with van der Waals surface area (Å²) in [5.41, 5.74) is 0. The van der Waals surface area contributed by atoms with E-state index >= 15 is 0 Å². The minimum Gasteiger partial charge on any atom is -0.490 e. The summed E-state index contributed by atoms with van der Waals surface area (Å²) in [7, 11) is 0. The van der Waals surface area contributed by atoms with Crippen LogP contribution in [0.4, 0.5) is 4.39 Å². The molecular weight excluding hydrogens is 221 g/mol. The summed E-state index contributed by atoms with van der Waals surface area (Å²) < 4.78 is 23.8. The van der Waals surface area contributed by atoms with Gasteiger partial charge in [-0.25, -0.2) is 4.39 Å². The molecule has 1 saturated heterocycles. The summed E-state index contributed by atoms with van der Waals surface area (Å²) in [5.74, 6) is -0.0374. The fraction of sp³-hybridized carbons (Fsp3) is 0.538. The number of ether oxygens (including phenoxy) is 2. The molecule has 0 aromatic heterocycles. The van der Waals surface area contributed by atoms with Gasteiger partial charge in [-0.3, -0.25) is 4.90 Å². The van der Waals surface area contributed by atoms with E-state index in [1.54, 1.807) is 0 Å². The van der Waals surface area contributed by atoms with Gasteiger partial charge in [-0.05, 0) is 24.6 Å². The van der Waals surface area contributed by atoms with E-state index in [1.807, 2.05) is 0 Å². The summed E-state index contributed by atoms with van der Waals surface area (Å²) in [6.45, 7) is 5.08. The van der Waals surface area contributed by atoms with Gasteiger partial charge in [0.25, 0.3) is 0 Å². The SMILES string of the molecule is Fc1cc[c]cc1OCCCN1CCOCC1. The van der Waals surface area contributed by atoms with E-state index < -0.39 is 0 Å². The zero-order valence-electron chi connectivity index (χ0n) is 9.82. The van der Waals surface area contributed by atoms with Crippen molar-refractivity contribution in [2.45, 2.75) is 6.42 Å². The first-order valence-electron chi connectivity index (χ1n) is 5.95. The average molecular weight is 238 g/mol. The molecule has 1 radical (unpaired) electrons. The number of morpholine rings is 1. The molecule has 1 aromatic rings. The third kappa shape index (κ3) is 3.98. The van der Waals surface area contributed by atoms with Crippen LogP contribution in [-0.2, 0) is 4.74 Å². The fourth-order valence-corrected chi connectivity index (χ4v) is 1.80. The predicted octanol–water partition coefficient (Wildman–Crippen LogP) is 1.73. The van der Waals surface area contributed by atoms with Crippen molar-refractivity contribution in [2.24, 2.45) is 0 Å². The second kappa shape index (κ2) is 6.57. The van der Waals surface area contributed by atoms with Crippen LogP contribution in [0.3, 0.4) is 0 Å². The molecule has 0 spiro atoms. The predicted molar refractivity (Wildman–Crippen MR) is 62.6 cm³/mol. The van der Waals surface area contributed by atoms with Crippen molar-refractivity contribution in [3.63, 3.8) is 0 Å². The second-order valence-electron chi connectivity index (χ2n) is 4.01. The van der Waals surface area contributed by atoms with Gasteiger partial charge in [0.05, 0.1) is 19.8 Å². The number of halogens is 1. The third-order valence-electron chi connectivity index (χ3n) is 2.76. The third-order valence-corrected chi connectivity index (χ3v) is 2.76. The minimum atomic E-state index is -0.324. The largest absolute Gasteiger partial charge is 0.490 e. The van der Waals surface area contributed by atoms with Crippen LogP contribution in [0, 0.1) is 11.9 Å². The summed E-state index contributed by atoms with van der Waals surface area (Å²) >= 11 is 0. The minimum absolute atomic E-state index is 0.287. The van der Waals surface area contributed by atoms with Gasteiger partial charge < -0.3 is 9.47 Å². The molecule has 0 saturated carbocycles. The van der Waals surface area contributed by atoms with Gasteiger partial charge in [-0.2, -0.15) is 0 Å². The molecule has 1 fully saturated rings. The topological polar surface area (TPSA) is 21.7 Å². The highest BCUT2D eigenvalue weighted by atomic mass is 19.1. The first-order chi connectivity index (χ1) is 8.36. The van der Waals surface area contributed by atoms with Crippen molar-refractivity contribution >= 4 is 0 Å². The van der Waals surface area contributed by atoms with E-state index in [4.69, 9.17) is 9.47 Å². The van der Waals surface area contributed by atoms with Crippen LogP contribution in [0.25, 0.3) is 0 Å². The molecule has 93 valence electrons. The highest BCUT2D eigenvalue weighted by Crippen LogP contribution is 2.15. The lowest BCUT2D eigenvalue weighted by Crippen LogP contribution is -2.37. The van der Waals surface area contributed by atoms with E-state index in [1.165, 1.54) is 18.2 Å². The first-order valence-corrected chi connectivity index (χ1v) is 5.95. The van der Waals surface area contributed by atoms with E-state index in [-0.39, 0.29) is 11.6 Å². The number of rotatable bonds is 5. The Morgan fingerprint density at radius 2 is 2.24 bits per heavy atom. The van der Waals surface area contributed by atoms with Crippen LogP contribution >= 0.6 is 0 Å². The molecule has 0 unspecified atom stereocenters. The van der Waals surface area contributed by atoms with Crippen molar-refractivity contribution < 1.29 is 13.9 Å². The Bertz CT molecular complexity index is 340. The number of hydrogen-bond acceptors (Lipinski definition) is 3. The Morgan fingerprint density at radius 1 is 1.41 bits per heavy atom. The monoisotopic (exact) mass is 238 g/mol. The maximum atomic E-state index is 13.2. The highest BCUT2D eigenvalue weighted by molar-refractivity contribution is 5.22. The van der Waals surface area contributed by atoms with Crippen LogP contribution in [0.2, 0.25) is 0 Å². The lowest BCUT2D eigenvalue weighted by atomic mass is 10.3. The van der Waals surface area contributed by atoms with Crippen LogP contribution in [0.15, 0.2) is 18.2 Å². The van der Waals surface area contributed by atoms with Gasteiger partial charge in [0.15, 0.2) is 11.6 Å². The first kappa shape index (κ1) is 12.3. The molecule has 2 rings (SSSR count). The van der Waals surface area contributed by atoms with Gasteiger partial charge in [-0.15, -0.1) is 0 Å². The lowest BCUT2D eigenvalue weighted by Gasteiger charge is -2.26. The van der Waals surface area contributed by atoms with Crippen LogP contribution in [-0.4, -0.2) is 44.4 Å². The Kier molecular flexibility index (Phi) is 4.76. The molecule has 0 bridgehead atoms. The molecule has 0 aliphatic carbocycles. The molecule has 1 aromatic carbocycles. The van der Waals surface area contributed by atoms with Gasteiger partial charge in [0, 0.05) is 19.6 Å². The molecule has 1 heterocycles. The van der Waals surface area contributed by atoms with Crippen molar-refractivity contribution in [1.29, 1.82) is 0 Å². The fourth-order valence-electron chi connectivity index (χ4n) is 1.80. The Balaban J connectivity index is 1.64. The Morgan fingerprint density at radius 3 is 3.00 bits per heavy atom. The highest BCUT2D eigenvalue weighted by Gasteiger charge is 2.09. The maximum Gasteiger partial charge on any atom is 0.165 e. The molecule has 0 N–H and O–H groups in total. The van der Waals surface area contributed by atoms with Crippen molar-refractivity contribution in [3.05, 3.63) is 30.1 Å². The smallest absolute Gasteiger partial charge is 0.165 e. The summed E-state index contributed by atoms with van der Waals surface area (Å²) in [6.07, 6.45) is 0.897. The van der Waals surface area contributed by atoms with Crippen molar-refractivity contribution in [2.75, 3.05) is 39.5 Å². The number of hydrogen-bond donors (Lipinski definition) is 0. The molecule has 0 atom stereocenters. The van der Waals surface area contributed by atoms with E-state index in [0.29, 0.717) is 6.61 Å². The van der Waals surface area contributed by atoms with Gasteiger partial charge in [0.2, 0.25) is 0 Å².